The normalized spacial score (nSPS) is 12.7. The standard InChI is InChI=1S/C33H37NO7S/c1-33(2,3)41-31(36)30(42-23-26-15-17-27(38-4)18-16-26)28(34-32(37)40-22-25-13-9-6-10-14-25)19-20-29(35)39-21-24-11-7-5-8-12-24/h5-20,28,30H,21-23H2,1-4H3,(H,34,37)/b20-19+/t28-,30-/m1/s1. The van der Waals surface area contributed by atoms with Gasteiger partial charge in [-0.1, -0.05) is 78.9 Å². The topological polar surface area (TPSA) is 100 Å². The summed E-state index contributed by atoms with van der Waals surface area (Å²) in [6, 6.07) is 25.0. The van der Waals surface area contributed by atoms with Crippen LogP contribution in [0.25, 0.3) is 0 Å². The van der Waals surface area contributed by atoms with Gasteiger partial charge in [0, 0.05) is 11.8 Å². The van der Waals surface area contributed by atoms with E-state index in [0.717, 1.165) is 16.7 Å². The van der Waals surface area contributed by atoms with Crippen LogP contribution in [0.4, 0.5) is 4.79 Å². The summed E-state index contributed by atoms with van der Waals surface area (Å²) >= 11 is 1.27. The second kappa shape index (κ2) is 16.3. The van der Waals surface area contributed by atoms with Gasteiger partial charge in [-0.3, -0.25) is 4.79 Å². The molecule has 2 atom stereocenters. The highest BCUT2D eigenvalue weighted by Gasteiger charge is 2.33. The van der Waals surface area contributed by atoms with E-state index >= 15 is 0 Å². The molecule has 0 saturated heterocycles. The number of alkyl carbamates (subject to hydrolysis) is 1. The van der Waals surface area contributed by atoms with Gasteiger partial charge < -0.3 is 24.3 Å². The summed E-state index contributed by atoms with van der Waals surface area (Å²) in [6.45, 7) is 5.43. The Balaban J connectivity index is 1.80. The molecule has 0 spiro atoms. The summed E-state index contributed by atoms with van der Waals surface area (Å²) in [5, 5.41) is 1.83. The smallest absolute Gasteiger partial charge is 0.407 e. The van der Waals surface area contributed by atoms with Crippen molar-refractivity contribution in [2.24, 2.45) is 0 Å². The van der Waals surface area contributed by atoms with Crippen LogP contribution >= 0.6 is 11.8 Å². The SMILES string of the molecule is COc1ccc(CS[C@@H](C(=O)OC(C)(C)C)[C@@H](/C=C/C(=O)OCc2ccccc2)NC(=O)OCc2ccccc2)cc1. The molecule has 0 fully saturated rings. The Labute approximate surface area is 251 Å². The number of carbonyl (C=O) groups excluding carboxylic acids is 3. The Bertz CT molecular complexity index is 1310. The number of hydrogen-bond acceptors (Lipinski definition) is 8. The van der Waals surface area contributed by atoms with Crippen LogP contribution in [0.1, 0.15) is 37.5 Å². The Kier molecular flexibility index (Phi) is 12.5. The maximum Gasteiger partial charge on any atom is 0.407 e. The number of nitrogens with one attached hydrogen (secondary N) is 1. The number of ether oxygens (including phenoxy) is 4. The van der Waals surface area contributed by atoms with Gasteiger partial charge in [-0.2, -0.15) is 0 Å². The molecule has 0 heterocycles. The van der Waals surface area contributed by atoms with Gasteiger partial charge in [-0.25, -0.2) is 9.59 Å². The molecule has 42 heavy (non-hydrogen) atoms. The summed E-state index contributed by atoms with van der Waals surface area (Å²) in [5.74, 6) is -0.0228. The van der Waals surface area contributed by atoms with Crippen molar-refractivity contribution in [1.29, 1.82) is 0 Å². The maximum absolute atomic E-state index is 13.4. The summed E-state index contributed by atoms with van der Waals surface area (Å²) in [6.07, 6.45) is 1.90. The fourth-order valence-corrected chi connectivity index (χ4v) is 4.79. The van der Waals surface area contributed by atoms with Crippen LogP contribution in [0.2, 0.25) is 0 Å². The molecule has 0 unspecified atom stereocenters. The van der Waals surface area contributed by atoms with Gasteiger partial charge in [0.25, 0.3) is 0 Å². The first-order valence-corrected chi connectivity index (χ1v) is 14.5. The van der Waals surface area contributed by atoms with Crippen molar-refractivity contribution in [3.05, 3.63) is 114 Å². The molecule has 3 aromatic carbocycles. The third kappa shape index (κ3) is 11.7. The lowest BCUT2D eigenvalue weighted by atomic mass is 10.1. The van der Waals surface area contributed by atoms with Crippen molar-refractivity contribution in [3.63, 3.8) is 0 Å². The van der Waals surface area contributed by atoms with E-state index in [2.05, 4.69) is 5.32 Å². The predicted molar refractivity (Wildman–Crippen MR) is 163 cm³/mol. The van der Waals surface area contributed by atoms with Gasteiger partial charge in [0.15, 0.2) is 0 Å². The van der Waals surface area contributed by atoms with E-state index in [1.165, 1.54) is 23.9 Å². The molecular formula is C33H37NO7S. The summed E-state index contributed by atoms with van der Waals surface area (Å²) in [4.78, 5) is 38.9. The van der Waals surface area contributed by atoms with Crippen LogP contribution in [-0.4, -0.2) is 42.0 Å². The molecule has 0 aliphatic rings. The minimum Gasteiger partial charge on any atom is -0.497 e. The molecule has 8 nitrogen and oxygen atoms in total. The highest BCUT2D eigenvalue weighted by Crippen LogP contribution is 2.26. The highest BCUT2D eigenvalue weighted by atomic mass is 32.2. The number of carbonyl (C=O) groups is 3. The van der Waals surface area contributed by atoms with Crippen LogP contribution < -0.4 is 10.1 Å². The fourth-order valence-electron chi connectivity index (χ4n) is 3.67. The predicted octanol–water partition coefficient (Wildman–Crippen LogP) is 6.23. The molecule has 222 valence electrons. The van der Waals surface area contributed by atoms with E-state index < -0.39 is 34.9 Å². The molecule has 0 aliphatic heterocycles. The summed E-state index contributed by atoms with van der Waals surface area (Å²) in [7, 11) is 1.59. The zero-order valence-electron chi connectivity index (χ0n) is 24.3. The minimum absolute atomic E-state index is 0.0400. The number of rotatable bonds is 13. The number of esters is 2. The van der Waals surface area contributed by atoms with Gasteiger partial charge in [0.1, 0.15) is 29.8 Å². The van der Waals surface area contributed by atoms with Gasteiger partial charge >= 0.3 is 18.0 Å². The molecule has 0 bridgehead atoms. The first-order chi connectivity index (χ1) is 20.1. The van der Waals surface area contributed by atoms with Crippen molar-refractivity contribution >= 4 is 29.8 Å². The number of amides is 1. The molecule has 0 aliphatic carbocycles. The van der Waals surface area contributed by atoms with E-state index in [9.17, 15) is 14.4 Å². The average molecular weight is 592 g/mol. The van der Waals surface area contributed by atoms with Crippen molar-refractivity contribution in [3.8, 4) is 5.75 Å². The Hall–Kier alpha value is -4.24. The number of methoxy groups -OCH3 is 1. The molecule has 0 aromatic heterocycles. The van der Waals surface area contributed by atoms with Crippen LogP contribution in [0, 0.1) is 0 Å². The average Bonchev–Trinajstić information content (AvgIpc) is 2.98. The van der Waals surface area contributed by atoms with Gasteiger partial charge in [-0.05, 0) is 49.6 Å². The van der Waals surface area contributed by atoms with E-state index in [1.807, 2.05) is 84.9 Å². The Morgan fingerprint density at radius 3 is 1.93 bits per heavy atom. The lowest BCUT2D eigenvalue weighted by Crippen LogP contribution is -2.46. The summed E-state index contributed by atoms with van der Waals surface area (Å²) in [5.41, 5.74) is 1.81. The monoisotopic (exact) mass is 591 g/mol. The molecule has 3 aromatic rings. The zero-order chi connectivity index (χ0) is 30.4. The van der Waals surface area contributed by atoms with E-state index in [1.54, 1.807) is 27.9 Å². The molecule has 9 heteroatoms. The quantitative estimate of drug-likeness (QED) is 0.142. The van der Waals surface area contributed by atoms with Gasteiger partial charge in [0.05, 0.1) is 13.2 Å². The van der Waals surface area contributed by atoms with Crippen molar-refractivity contribution < 1.29 is 33.3 Å². The second-order valence-corrected chi connectivity index (χ2v) is 11.4. The van der Waals surface area contributed by atoms with E-state index in [-0.39, 0.29) is 13.2 Å². The number of benzene rings is 3. The van der Waals surface area contributed by atoms with Crippen molar-refractivity contribution in [1.82, 2.24) is 5.32 Å². The van der Waals surface area contributed by atoms with Gasteiger partial charge in [-0.15, -0.1) is 11.8 Å². The van der Waals surface area contributed by atoms with Crippen LogP contribution in [0.3, 0.4) is 0 Å². The first kappa shape index (κ1) is 32.3. The maximum atomic E-state index is 13.4. The lowest BCUT2D eigenvalue weighted by Gasteiger charge is -2.28. The molecular weight excluding hydrogens is 554 g/mol. The van der Waals surface area contributed by atoms with Crippen molar-refractivity contribution in [2.75, 3.05) is 7.11 Å². The highest BCUT2D eigenvalue weighted by molar-refractivity contribution is 7.99. The molecule has 1 amide bonds. The van der Waals surface area contributed by atoms with Gasteiger partial charge in [0.2, 0.25) is 0 Å². The van der Waals surface area contributed by atoms with Crippen molar-refractivity contribution in [2.45, 2.75) is 56.6 Å². The Morgan fingerprint density at radius 1 is 0.810 bits per heavy atom. The van der Waals surface area contributed by atoms with Crippen LogP contribution in [0.5, 0.6) is 5.75 Å². The molecule has 0 saturated carbocycles. The van der Waals surface area contributed by atoms with Crippen LogP contribution in [-0.2, 0) is 42.8 Å². The minimum atomic E-state index is -0.948. The third-order valence-corrected chi connectivity index (χ3v) is 7.06. The zero-order valence-corrected chi connectivity index (χ0v) is 25.1. The van der Waals surface area contributed by atoms with E-state index in [4.69, 9.17) is 18.9 Å². The fraction of sp³-hybridized carbons (Fsp3) is 0.303. The number of hydrogen-bond donors (Lipinski definition) is 1. The second-order valence-electron chi connectivity index (χ2n) is 10.3. The lowest BCUT2D eigenvalue weighted by molar-refractivity contribution is -0.154. The Morgan fingerprint density at radius 2 is 1.38 bits per heavy atom. The first-order valence-electron chi connectivity index (χ1n) is 13.5. The largest absolute Gasteiger partial charge is 0.497 e. The number of thioether (sulfide) groups is 1. The molecule has 0 radical (unpaired) electrons. The third-order valence-electron chi connectivity index (χ3n) is 5.71. The molecule has 3 rings (SSSR count). The van der Waals surface area contributed by atoms with Crippen LogP contribution in [0.15, 0.2) is 97.1 Å². The molecule has 1 N–H and O–H groups in total. The summed E-state index contributed by atoms with van der Waals surface area (Å²) < 4.78 is 21.7. The van der Waals surface area contributed by atoms with E-state index in [0.29, 0.717) is 11.5 Å².